The summed E-state index contributed by atoms with van der Waals surface area (Å²) in [6, 6.07) is 0. The number of carbonyl (C=O) groups excluding carboxylic acids is 4. The van der Waals surface area contributed by atoms with E-state index in [0.29, 0.717) is 24.8 Å². The molecule has 4 aliphatic rings. The first kappa shape index (κ1) is 26.7. The van der Waals surface area contributed by atoms with Gasteiger partial charge in [0.2, 0.25) is 5.78 Å². The van der Waals surface area contributed by atoms with Crippen LogP contribution in [0.5, 0.6) is 0 Å². The first-order valence-electron chi connectivity index (χ1n) is 13.0. The number of allylic oxidation sites excluding steroid dienone is 4. The molecule has 0 heterocycles. The SMILES string of the molecule is CCC(=O)OCC(=O)C1(O)C(C)CC2C3CCC4=CC(=O)C=CC4(C)C3(F)C(OC(=O)CC)CC21C. The predicted molar refractivity (Wildman–Crippen MR) is 128 cm³/mol. The molecule has 0 aromatic heterocycles. The predicted octanol–water partition coefficient (Wildman–Crippen LogP) is 3.82. The molecule has 0 aromatic carbocycles. The summed E-state index contributed by atoms with van der Waals surface area (Å²) < 4.78 is 28.7. The van der Waals surface area contributed by atoms with Gasteiger partial charge in [0.05, 0.1) is 0 Å². The van der Waals surface area contributed by atoms with Gasteiger partial charge in [0.25, 0.3) is 0 Å². The molecule has 0 bridgehead atoms. The number of fused-ring (bicyclic) bond motifs is 5. The maximum Gasteiger partial charge on any atom is 0.305 e. The number of ether oxygens (including phenoxy) is 2. The van der Waals surface area contributed by atoms with Gasteiger partial charge in [0, 0.05) is 29.6 Å². The number of halogens is 1. The molecule has 1 N–H and O–H groups in total. The zero-order valence-electron chi connectivity index (χ0n) is 21.8. The van der Waals surface area contributed by atoms with Crippen LogP contribution in [0.4, 0.5) is 4.39 Å². The second kappa shape index (κ2) is 8.89. The minimum atomic E-state index is -2.02. The fourth-order valence-corrected chi connectivity index (χ4v) is 7.83. The Morgan fingerprint density at radius 2 is 1.81 bits per heavy atom. The lowest BCUT2D eigenvalue weighted by molar-refractivity contribution is -0.230. The molecule has 36 heavy (non-hydrogen) atoms. The number of esters is 2. The van der Waals surface area contributed by atoms with Gasteiger partial charge in [-0.05, 0) is 56.6 Å². The van der Waals surface area contributed by atoms with Crippen LogP contribution in [0.15, 0.2) is 23.8 Å². The van der Waals surface area contributed by atoms with E-state index in [1.54, 1.807) is 40.7 Å². The van der Waals surface area contributed by atoms with Gasteiger partial charge < -0.3 is 14.6 Å². The summed E-state index contributed by atoms with van der Waals surface area (Å²) in [5.74, 6) is -3.42. The molecule has 0 saturated heterocycles. The van der Waals surface area contributed by atoms with Crippen LogP contribution < -0.4 is 0 Å². The highest BCUT2D eigenvalue weighted by Gasteiger charge is 2.76. The summed E-state index contributed by atoms with van der Waals surface area (Å²) in [5, 5.41) is 12.0. The highest BCUT2D eigenvalue weighted by molar-refractivity contribution is 6.01. The minimum absolute atomic E-state index is 0.0533. The topological polar surface area (TPSA) is 107 Å². The maximum atomic E-state index is 17.8. The summed E-state index contributed by atoms with van der Waals surface area (Å²) in [7, 11) is 0. The molecule has 7 nitrogen and oxygen atoms in total. The largest absolute Gasteiger partial charge is 0.459 e. The van der Waals surface area contributed by atoms with Crippen molar-refractivity contribution in [2.75, 3.05) is 6.61 Å². The van der Waals surface area contributed by atoms with E-state index < -0.39 is 64.4 Å². The van der Waals surface area contributed by atoms with Gasteiger partial charge in [-0.25, -0.2) is 4.39 Å². The summed E-state index contributed by atoms with van der Waals surface area (Å²) in [6.07, 6.45) is 4.64. The van der Waals surface area contributed by atoms with Crippen molar-refractivity contribution in [2.24, 2.45) is 28.6 Å². The molecule has 3 saturated carbocycles. The molecule has 0 radical (unpaired) electrons. The van der Waals surface area contributed by atoms with Crippen molar-refractivity contribution >= 4 is 23.5 Å². The van der Waals surface area contributed by atoms with Crippen LogP contribution in [-0.4, -0.2) is 52.6 Å². The number of hydrogen-bond donors (Lipinski definition) is 1. The van der Waals surface area contributed by atoms with Crippen LogP contribution in [0.2, 0.25) is 0 Å². The first-order valence-corrected chi connectivity index (χ1v) is 13.0. The van der Waals surface area contributed by atoms with Crippen LogP contribution in [0.3, 0.4) is 0 Å². The Morgan fingerprint density at radius 1 is 1.14 bits per heavy atom. The molecule has 0 amide bonds. The Labute approximate surface area is 211 Å². The maximum absolute atomic E-state index is 17.8. The second-order valence-electron chi connectivity index (χ2n) is 11.4. The molecule has 8 heteroatoms. The van der Waals surface area contributed by atoms with Gasteiger partial charge in [-0.1, -0.05) is 39.3 Å². The van der Waals surface area contributed by atoms with E-state index in [2.05, 4.69) is 0 Å². The van der Waals surface area contributed by atoms with Crippen LogP contribution in [0.25, 0.3) is 0 Å². The molecule has 198 valence electrons. The molecule has 3 fully saturated rings. The lowest BCUT2D eigenvalue weighted by atomic mass is 9.44. The Kier molecular flexibility index (Phi) is 6.60. The Morgan fingerprint density at radius 3 is 2.44 bits per heavy atom. The Hall–Kier alpha value is -2.35. The smallest absolute Gasteiger partial charge is 0.305 e. The van der Waals surface area contributed by atoms with E-state index in [1.165, 1.54) is 12.2 Å². The number of hydrogen-bond acceptors (Lipinski definition) is 7. The lowest BCUT2D eigenvalue weighted by Crippen LogP contribution is -2.70. The van der Waals surface area contributed by atoms with Crippen LogP contribution in [-0.2, 0) is 28.7 Å². The monoisotopic (exact) mass is 504 g/mol. The van der Waals surface area contributed by atoms with Gasteiger partial charge in [-0.3, -0.25) is 19.2 Å². The molecular weight excluding hydrogens is 467 g/mol. The third-order valence-corrected chi connectivity index (χ3v) is 9.84. The van der Waals surface area contributed by atoms with Crippen molar-refractivity contribution in [2.45, 2.75) is 90.5 Å². The fourth-order valence-electron chi connectivity index (χ4n) is 7.83. The van der Waals surface area contributed by atoms with Gasteiger partial charge in [0.15, 0.2) is 18.1 Å². The summed E-state index contributed by atoms with van der Waals surface area (Å²) in [4.78, 5) is 49.8. The van der Waals surface area contributed by atoms with E-state index in [0.717, 1.165) is 0 Å². The molecule has 0 aliphatic heterocycles. The first-order chi connectivity index (χ1) is 16.8. The molecular formula is C28H37FO7. The quantitative estimate of drug-likeness (QED) is 0.548. The van der Waals surface area contributed by atoms with Crippen molar-refractivity contribution in [3.05, 3.63) is 23.8 Å². The van der Waals surface area contributed by atoms with E-state index in [1.807, 2.05) is 0 Å². The van der Waals surface area contributed by atoms with Gasteiger partial charge >= 0.3 is 11.9 Å². The number of aliphatic hydroxyl groups is 1. The Bertz CT molecular complexity index is 1050. The van der Waals surface area contributed by atoms with Crippen LogP contribution >= 0.6 is 0 Å². The van der Waals surface area contributed by atoms with Gasteiger partial charge in [0.1, 0.15) is 11.7 Å². The molecule has 8 unspecified atom stereocenters. The average molecular weight is 505 g/mol. The lowest BCUT2D eigenvalue weighted by Gasteiger charge is -2.63. The van der Waals surface area contributed by atoms with Crippen LogP contribution in [0.1, 0.15) is 73.1 Å². The minimum Gasteiger partial charge on any atom is -0.459 e. The Balaban J connectivity index is 1.80. The van der Waals surface area contributed by atoms with Crippen molar-refractivity contribution < 1.29 is 38.1 Å². The molecule has 4 aliphatic carbocycles. The molecule has 0 aromatic rings. The number of alkyl halides is 1. The van der Waals surface area contributed by atoms with Gasteiger partial charge in [-0.15, -0.1) is 0 Å². The van der Waals surface area contributed by atoms with E-state index in [4.69, 9.17) is 9.47 Å². The van der Waals surface area contributed by atoms with E-state index in [-0.39, 0.29) is 31.0 Å². The highest BCUT2D eigenvalue weighted by Crippen LogP contribution is 2.71. The van der Waals surface area contributed by atoms with E-state index in [9.17, 15) is 24.3 Å². The van der Waals surface area contributed by atoms with Crippen molar-refractivity contribution in [3.8, 4) is 0 Å². The molecule has 0 spiro atoms. The van der Waals surface area contributed by atoms with Crippen molar-refractivity contribution in [1.29, 1.82) is 0 Å². The zero-order valence-corrected chi connectivity index (χ0v) is 21.8. The standard InChI is InChI=1S/C28H37FO7/c1-6-23(32)35-15-21(31)28(34)16(3)12-20-19-9-8-17-13-18(30)10-11-25(17,4)27(19,29)22(14-26(20,28)5)36-24(33)7-2/h10-11,13,16,19-20,22,34H,6-9,12,14-15H2,1-5H3. The van der Waals surface area contributed by atoms with E-state index >= 15 is 4.39 Å². The number of carbonyl (C=O) groups is 4. The molecule has 4 rings (SSSR count). The summed E-state index contributed by atoms with van der Waals surface area (Å²) in [5.41, 5.74) is -5.48. The number of ketones is 2. The third-order valence-electron chi connectivity index (χ3n) is 9.84. The normalized spacial score (nSPS) is 43.1. The van der Waals surface area contributed by atoms with Gasteiger partial charge in [-0.2, -0.15) is 0 Å². The van der Waals surface area contributed by atoms with Crippen molar-refractivity contribution in [3.63, 3.8) is 0 Å². The molecule has 8 atom stereocenters. The summed E-state index contributed by atoms with van der Waals surface area (Å²) >= 11 is 0. The van der Waals surface area contributed by atoms with Crippen LogP contribution in [0, 0.1) is 28.6 Å². The third kappa shape index (κ3) is 3.46. The highest BCUT2D eigenvalue weighted by atomic mass is 19.1. The second-order valence-corrected chi connectivity index (χ2v) is 11.4. The zero-order chi connectivity index (χ0) is 26.7. The van der Waals surface area contributed by atoms with Crippen molar-refractivity contribution in [1.82, 2.24) is 0 Å². The fraction of sp³-hybridized carbons (Fsp3) is 0.714. The number of Topliss-reactive ketones (excluding diaryl/α,β-unsaturated/α-hetero) is 1. The average Bonchev–Trinajstić information content (AvgIpc) is 3.04. The number of rotatable bonds is 6. The summed E-state index contributed by atoms with van der Waals surface area (Å²) in [6.45, 7) is 7.99.